The Labute approximate surface area is 184 Å². The highest BCUT2D eigenvalue weighted by molar-refractivity contribution is 7.17. The molecule has 1 aromatic heterocycles. The van der Waals surface area contributed by atoms with Crippen molar-refractivity contribution in [3.8, 4) is 17.6 Å². The zero-order valence-corrected chi connectivity index (χ0v) is 18.5. The van der Waals surface area contributed by atoms with E-state index >= 15 is 0 Å². The third kappa shape index (κ3) is 4.89. The lowest BCUT2D eigenvalue weighted by Gasteiger charge is -2.18. The van der Waals surface area contributed by atoms with Gasteiger partial charge in [0.15, 0.2) is 11.5 Å². The molecule has 0 radical (unpaired) electrons. The van der Waals surface area contributed by atoms with Gasteiger partial charge in [-0.1, -0.05) is 13.0 Å². The van der Waals surface area contributed by atoms with Gasteiger partial charge in [0.25, 0.3) is 5.91 Å². The second-order valence-corrected chi connectivity index (χ2v) is 8.44. The summed E-state index contributed by atoms with van der Waals surface area (Å²) in [5.74, 6) is -0.402. The van der Waals surface area contributed by atoms with Gasteiger partial charge in [-0.25, -0.2) is 4.79 Å². The molecule has 1 aromatic carbocycles. The Hall–Kier alpha value is -3.31. The number of fused-ring (bicyclic) bond motifs is 1. The van der Waals surface area contributed by atoms with Gasteiger partial charge in [0.1, 0.15) is 16.6 Å². The van der Waals surface area contributed by atoms with Crippen molar-refractivity contribution in [2.75, 3.05) is 19.0 Å². The molecule has 8 heteroatoms. The van der Waals surface area contributed by atoms with Crippen LogP contribution in [0.1, 0.15) is 46.6 Å². The Balaban J connectivity index is 1.92. The smallest absolute Gasteiger partial charge is 0.341 e. The number of benzene rings is 1. The molecule has 0 saturated carbocycles. The molecule has 0 spiro atoms. The number of ether oxygens (including phenoxy) is 2. The first-order chi connectivity index (χ1) is 14.9. The molecule has 0 saturated heterocycles. The van der Waals surface area contributed by atoms with E-state index in [1.54, 1.807) is 19.1 Å². The van der Waals surface area contributed by atoms with E-state index in [9.17, 15) is 20.0 Å². The SMILES string of the molecule is CCOC(=O)c1c(NC(=O)/C(C#N)=C\c2ccc(OC)c(O)c2)sc2c1CC[C@@H](C)C2. The third-order valence-electron chi connectivity index (χ3n) is 5.10. The van der Waals surface area contributed by atoms with Crippen molar-refractivity contribution in [2.24, 2.45) is 5.92 Å². The van der Waals surface area contributed by atoms with Crippen molar-refractivity contribution in [1.29, 1.82) is 5.26 Å². The minimum absolute atomic E-state index is 0.0985. The average molecular weight is 441 g/mol. The predicted octanol–water partition coefficient (Wildman–Crippen LogP) is 4.31. The number of anilines is 1. The molecule has 0 fully saturated rings. The van der Waals surface area contributed by atoms with Gasteiger partial charge in [-0.2, -0.15) is 5.26 Å². The van der Waals surface area contributed by atoms with Gasteiger partial charge in [0.05, 0.1) is 19.3 Å². The molecule has 31 heavy (non-hydrogen) atoms. The summed E-state index contributed by atoms with van der Waals surface area (Å²) in [4.78, 5) is 26.5. The summed E-state index contributed by atoms with van der Waals surface area (Å²) in [6, 6.07) is 6.45. The number of phenolic OH excluding ortho intramolecular Hbond substituents is 1. The van der Waals surface area contributed by atoms with Crippen LogP contribution in [0, 0.1) is 17.2 Å². The molecule has 1 aliphatic rings. The second-order valence-electron chi connectivity index (χ2n) is 7.33. The van der Waals surface area contributed by atoms with Gasteiger partial charge in [-0.05, 0) is 61.4 Å². The fourth-order valence-electron chi connectivity index (χ4n) is 3.54. The molecule has 7 nitrogen and oxygen atoms in total. The molecular weight excluding hydrogens is 416 g/mol. The number of methoxy groups -OCH3 is 1. The maximum Gasteiger partial charge on any atom is 0.341 e. The fourth-order valence-corrected chi connectivity index (χ4v) is 4.93. The fraction of sp³-hybridized carbons (Fsp3) is 0.348. The maximum absolute atomic E-state index is 12.8. The van der Waals surface area contributed by atoms with Crippen molar-refractivity contribution in [3.63, 3.8) is 0 Å². The number of nitrogens with zero attached hydrogens (tertiary/aromatic N) is 1. The number of phenols is 1. The number of rotatable bonds is 6. The number of aromatic hydroxyl groups is 1. The number of carbonyl (C=O) groups is 2. The highest BCUT2D eigenvalue weighted by Gasteiger charge is 2.29. The number of esters is 1. The maximum atomic E-state index is 12.8. The molecule has 162 valence electrons. The Morgan fingerprint density at radius 2 is 2.19 bits per heavy atom. The van der Waals surface area contributed by atoms with Crippen molar-refractivity contribution < 1.29 is 24.2 Å². The number of carbonyl (C=O) groups excluding carboxylic acids is 2. The van der Waals surface area contributed by atoms with Crippen molar-refractivity contribution in [3.05, 3.63) is 45.3 Å². The number of thiophene rings is 1. The monoisotopic (exact) mass is 440 g/mol. The van der Waals surface area contributed by atoms with E-state index in [2.05, 4.69) is 12.2 Å². The van der Waals surface area contributed by atoms with E-state index in [0.717, 1.165) is 29.7 Å². The van der Waals surface area contributed by atoms with Crippen LogP contribution in [0.15, 0.2) is 23.8 Å². The van der Waals surface area contributed by atoms with Crippen LogP contribution in [0.3, 0.4) is 0 Å². The number of hydrogen-bond donors (Lipinski definition) is 2. The largest absolute Gasteiger partial charge is 0.504 e. The summed E-state index contributed by atoms with van der Waals surface area (Å²) in [6.07, 6.45) is 3.93. The number of hydrogen-bond acceptors (Lipinski definition) is 7. The van der Waals surface area contributed by atoms with Gasteiger partial charge < -0.3 is 19.9 Å². The minimum Gasteiger partial charge on any atom is -0.504 e. The number of amides is 1. The van der Waals surface area contributed by atoms with Crippen molar-refractivity contribution in [1.82, 2.24) is 0 Å². The van der Waals surface area contributed by atoms with E-state index < -0.39 is 11.9 Å². The molecular formula is C23H24N2O5S. The molecule has 3 rings (SSSR count). The van der Waals surface area contributed by atoms with E-state index in [1.807, 2.05) is 6.07 Å². The normalized spacial score (nSPS) is 15.5. The van der Waals surface area contributed by atoms with Crippen LogP contribution in [0.2, 0.25) is 0 Å². The lowest BCUT2D eigenvalue weighted by atomic mass is 9.88. The Kier molecular flexibility index (Phi) is 6.98. The highest BCUT2D eigenvalue weighted by Crippen LogP contribution is 2.40. The zero-order valence-electron chi connectivity index (χ0n) is 17.7. The molecule has 1 amide bonds. The van der Waals surface area contributed by atoms with Crippen LogP contribution in [-0.4, -0.2) is 30.7 Å². The van der Waals surface area contributed by atoms with E-state index in [1.165, 1.54) is 30.6 Å². The second kappa shape index (κ2) is 9.67. The summed E-state index contributed by atoms with van der Waals surface area (Å²) in [5.41, 5.74) is 1.63. The standard InChI is InChI=1S/C23H24N2O5S/c1-4-30-23(28)20-16-7-5-13(2)9-19(16)31-22(20)25-21(27)15(12-24)10-14-6-8-18(29-3)17(26)11-14/h6,8,10-11,13,26H,4-5,7,9H2,1-3H3,(H,25,27)/b15-10-/t13-/m1/s1. The first-order valence-electron chi connectivity index (χ1n) is 9.99. The quantitative estimate of drug-likeness (QED) is 0.394. The molecule has 1 aliphatic carbocycles. The van der Waals surface area contributed by atoms with Gasteiger partial charge in [-0.3, -0.25) is 4.79 Å². The summed E-state index contributed by atoms with van der Waals surface area (Å²) in [5, 5.41) is 22.6. The molecule has 0 bridgehead atoms. The molecule has 2 N–H and O–H groups in total. The van der Waals surface area contributed by atoms with Crippen molar-refractivity contribution in [2.45, 2.75) is 33.1 Å². The summed E-state index contributed by atoms with van der Waals surface area (Å²) >= 11 is 1.36. The van der Waals surface area contributed by atoms with E-state index in [-0.39, 0.29) is 23.7 Å². The summed E-state index contributed by atoms with van der Waals surface area (Å²) in [7, 11) is 1.43. The first kappa shape index (κ1) is 22.4. The topological polar surface area (TPSA) is 109 Å². The van der Waals surface area contributed by atoms with Gasteiger partial charge >= 0.3 is 5.97 Å². The lowest BCUT2D eigenvalue weighted by Crippen LogP contribution is -2.17. The van der Waals surface area contributed by atoms with Crippen LogP contribution >= 0.6 is 11.3 Å². The molecule has 2 aromatic rings. The highest BCUT2D eigenvalue weighted by atomic mass is 32.1. The Morgan fingerprint density at radius 3 is 2.84 bits per heavy atom. The van der Waals surface area contributed by atoms with Crippen LogP contribution in [0.4, 0.5) is 5.00 Å². The number of nitrogens with one attached hydrogen (secondary N) is 1. The van der Waals surface area contributed by atoms with Crippen LogP contribution < -0.4 is 10.1 Å². The van der Waals surface area contributed by atoms with Crippen molar-refractivity contribution >= 4 is 34.3 Å². The third-order valence-corrected chi connectivity index (χ3v) is 6.27. The summed E-state index contributed by atoms with van der Waals surface area (Å²) < 4.78 is 10.2. The van der Waals surface area contributed by atoms with Gasteiger partial charge in [0, 0.05) is 4.88 Å². The molecule has 1 heterocycles. The molecule has 1 atom stereocenters. The molecule has 0 aliphatic heterocycles. The van der Waals surface area contributed by atoms with E-state index in [0.29, 0.717) is 22.0 Å². The van der Waals surface area contributed by atoms with E-state index in [4.69, 9.17) is 9.47 Å². The average Bonchev–Trinajstić information content (AvgIpc) is 3.08. The van der Waals surface area contributed by atoms with Gasteiger partial charge in [-0.15, -0.1) is 11.3 Å². The lowest BCUT2D eigenvalue weighted by molar-refractivity contribution is -0.112. The first-order valence-corrected chi connectivity index (χ1v) is 10.8. The Bertz CT molecular complexity index is 1080. The Morgan fingerprint density at radius 1 is 1.42 bits per heavy atom. The number of nitriles is 1. The minimum atomic E-state index is -0.630. The van der Waals surface area contributed by atoms with Gasteiger partial charge in [0.2, 0.25) is 0 Å². The summed E-state index contributed by atoms with van der Waals surface area (Å²) in [6.45, 7) is 4.13. The van der Waals surface area contributed by atoms with Crippen LogP contribution in [-0.2, 0) is 22.4 Å². The van der Waals surface area contributed by atoms with Crippen LogP contribution in [0.5, 0.6) is 11.5 Å². The molecule has 0 unspecified atom stereocenters. The van der Waals surface area contributed by atoms with Crippen LogP contribution in [0.25, 0.3) is 6.08 Å². The zero-order chi connectivity index (χ0) is 22.5. The predicted molar refractivity (Wildman–Crippen MR) is 118 cm³/mol.